The van der Waals surface area contributed by atoms with E-state index in [1.165, 1.54) is 25.3 Å². The van der Waals surface area contributed by atoms with Crippen LogP contribution in [0.15, 0.2) is 18.2 Å². The molecule has 1 aromatic carbocycles. The second-order valence-corrected chi connectivity index (χ2v) is 2.82. The van der Waals surface area contributed by atoms with Crippen molar-refractivity contribution >= 4 is 5.69 Å². The lowest BCUT2D eigenvalue weighted by molar-refractivity contribution is 0.0152. The van der Waals surface area contributed by atoms with Crippen LogP contribution >= 0.6 is 0 Å². The van der Waals surface area contributed by atoms with Gasteiger partial charge >= 0.3 is 0 Å². The zero-order chi connectivity index (χ0) is 10.1. The Morgan fingerprint density at radius 3 is 2.38 bits per heavy atom. The number of hydrogen-bond donors (Lipinski definition) is 1. The van der Waals surface area contributed by atoms with Gasteiger partial charge in [0.1, 0.15) is 0 Å². The molecule has 0 aliphatic heterocycles. The van der Waals surface area contributed by atoms with Crippen LogP contribution in [0.25, 0.3) is 0 Å². The molecule has 0 saturated carbocycles. The second-order valence-electron chi connectivity index (χ2n) is 2.82. The minimum Gasteiger partial charge on any atom is -0.494 e. The Morgan fingerprint density at radius 1 is 1.38 bits per heavy atom. The molecule has 13 heavy (non-hydrogen) atoms. The Morgan fingerprint density at radius 2 is 2.00 bits per heavy atom. The molecule has 0 amide bonds. The van der Waals surface area contributed by atoms with Crippen LogP contribution in [0.5, 0.6) is 5.75 Å². The number of nitrogens with two attached hydrogens (primary N) is 1. The summed E-state index contributed by atoms with van der Waals surface area (Å²) in [5.41, 5.74) is 5.51. The van der Waals surface area contributed by atoms with Crippen molar-refractivity contribution in [3.05, 3.63) is 23.8 Å². The fraction of sp³-hybridized carbons (Fsp3) is 0.333. The Hall–Kier alpha value is -1.32. The molecule has 0 spiro atoms. The Bertz CT molecular complexity index is 307. The molecule has 0 bridgehead atoms. The first kappa shape index (κ1) is 9.77. The van der Waals surface area contributed by atoms with Gasteiger partial charge in [-0.15, -0.1) is 0 Å². The molecule has 0 saturated heterocycles. The van der Waals surface area contributed by atoms with Crippen LogP contribution in [0.1, 0.15) is 12.5 Å². The molecule has 1 aromatic rings. The van der Waals surface area contributed by atoms with Crippen molar-refractivity contribution in [1.82, 2.24) is 0 Å². The number of nitrogen functional groups attached to an aromatic ring is 1. The predicted molar refractivity (Wildman–Crippen MR) is 47.0 cm³/mol. The molecule has 0 unspecified atom stereocenters. The monoisotopic (exact) mass is 187 g/mol. The molecule has 72 valence electrons. The van der Waals surface area contributed by atoms with Crippen molar-refractivity contribution in [2.75, 3.05) is 12.8 Å². The second kappa shape index (κ2) is 3.20. The standard InChI is InChI=1S/C9H11F2NO/c1-9(10,11)6-4-3-5-7(12)8(6)13-2/h3-5H,12H2,1-2H3. The molecule has 0 aliphatic rings. The quantitative estimate of drug-likeness (QED) is 0.721. The molecule has 0 aliphatic carbocycles. The number of ether oxygens (including phenoxy) is 1. The highest BCUT2D eigenvalue weighted by Gasteiger charge is 2.29. The number of alkyl halides is 2. The highest BCUT2D eigenvalue weighted by molar-refractivity contribution is 5.57. The summed E-state index contributed by atoms with van der Waals surface area (Å²) in [6.45, 7) is 0.810. The van der Waals surface area contributed by atoms with Gasteiger partial charge in [0, 0.05) is 6.92 Å². The zero-order valence-corrected chi connectivity index (χ0v) is 7.47. The maximum atomic E-state index is 12.9. The van der Waals surface area contributed by atoms with Crippen LogP contribution in [-0.4, -0.2) is 7.11 Å². The summed E-state index contributed by atoms with van der Waals surface area (Å²) < 4.78 is 30.7. The lowest BCUT2D eigenvalue weighted by Gasteiger charge is -2.15. The van der Waals surface area contributed by atoms with Gasteiger partial charge in [-0.25, -0.2) is 8.78 Å². The Kier molecular flexibility index (Phi) is 2.40. The van der Waals surface area contributed by atoms with Crippen LogP contribution < -0.4 is 10.5 Å². The van der Waals surface area contributed by atoms with Crippen LogP contribution in [-0.2, 0) is 5.92 Å². The average Bonchev–Trinajstić information content (AvgIpc) is 2.02. The first-order chi connectivity index (χ1) is 5.96. The van der Waals surface area contributed by atoms with Crippen molar-refractivity contribution in [2.45, 2.75) is 12.8 Å². The molecule has 4 heteroatoms. The van der Waals surface area contributed by atoms with E-state index < -0.39 is 5.92 Å². The fourth-order valence-electron chi connectivity index (χ4n) is 1.13. The Balaban J connectivity index is 3.29. The summed E-state index contributed by atoms with van der Waals surface area (Å²) in [4.78, 5) is 0. The molecule has 0 atom stereocenters. The van der Waals surface area contributed by atoms with Gasteiger partial charge in [0.05, 0.1) is 18.4 Å². The third-order valence-electron chi connectivity index (χ3n) is 1.72. The number of methoxy groups -OCH3 is 1. The van der Waals surface area contributed by atoms with Crippen molar-refractivity contribution in [3.8, 4) is 5.75 Å². The number of hydrogen-bond acceptors (Lipinski definition) is 2. The largest absolute Gasteiger partial charge is 0.494 e. The zero-order valence-electron chi connectivity index (χ0n) is 7.47. The normalized spacial score (nSPS) is 11.4. The van der Waals surface area contributed by atoms with E-state index in [9.17, 15) is 8.78 Å². The lowest BCUT2D eigenvalue weighted by Crippen LogP contribution is -2.10. The van der Waals surface area contributed by atoms with Gasteiger partial charge in [0.2, 0.25) is 0 Å². The van der Waals surface area contributed by atoms with Gasteiger partial charge in [-0.1, -0.05) is 6.07 Å². The van der Waals surface area contributed by atoms with Gasteiger partial charge in [0.15, 0.2) is 5.75 Å². The van der Waals surface area contributed by atoms with E-state index in [0.717, 1.165) is 6.92 Å². The fourth-order valence-corrected chi connectivity index (χ4v) is 1.13. The number of anilines is 1. The molecule has 1 rings (SSSR count). The third kappa shape index (κ3) is 1.88. The molecule has 0 aromatic heterocycles. The van der Waals surface area contributed by atoms with E-state index in [-0.39, 0.29) is 17.0 Å². The summed E-state index contributed by atoms with van der Waals surface area (Å²) in [7, 11) is 1.32. The smallest absolute Gasteiger partial charge is 0.274 e. The van der Waals surface area contributed by atoms with E-state index in [2.05, 4.69) is 0 Å². The van der Waals surface area contributed by atoms with E-state index in [4.69, 9.17) is 10.5 Å². The highest BCUT2D eigenvalue weighted by atomic mass is 19.3. The molecule has 0 heterocycles. The van der Waals surface area contributed by atoms with Gasteiger partial charge in [-0.2, -0.15) is 0 Å². The van der Waals surface area contributed by atoms with Crippen LogP contribution in [0.4, 0.5) is 14.5 Å². The molecular weight excluding hydrogens is 176 g/mol. The van der Waals surface area contributed by atoms with Crippen molar-refractivity contribution in [2.24, 2.45) is 0 Å². The van der Waals surface area contributed by atoms with Crippen LogP contribution in [0.2, 0.25) is 0 Å². The number of halogens is 2. The minimum atomic E-state index is -2.93. The first-order valence-electron chi connectivity index (χ1n) is 3.77. The van der Waals surface area contributed by atoms with E-state index in [0.29, 0.717) is 0 Å². The maximum absolute atomic E-state index is 12.9. The van der Waals surface area contributed by atoms with Crippen LogP contribution in [0.3, 0.4) is 0 Å². The summed E-state index contributed by atoms with van der Waals surface area (Å²) >= 11 is 0. The summed E-state index contributed by atoms with van der Waals surface area (Å²) in [6, 6.07) is 4.30. The first-order valence-corrected chi connectivity index (χ1v) is 3.77. The molecular formula is C9H11F2NO. The molecule has 2 nitrogen and oxygen atoms in total. The topological polar surface area (TPSA) is 35.2 Å². The highest BCUT2D eigenvalue weighted by Crippen LogP contribution is 2.37. The van der Waals surface area contributed by atoms with E-state index in [1.807, 2.05) is 0 Å². The predicted octanol–water partition coefficient (Wildman–Crippen LogP) is 2.39. The van der Waals surface area contributed by atoms with Crippen molar-refractivity contribution < 1.29 is 13.5 Å². The van der Waals surface area contributed by atoms with Crippen LogP contribution in [0, 0.1) is 0 Å². The van der Waals surface area contributed by atoms with Gasteiger partial charge in [-0.3, -0.25) is 0 Å². The average molecular weight is 187 g/mol. The summed E-state index contributed by atoms with van der Waals surface area (Å²) in [6.07, 6.45) is 0. The van der Waals surface area contributed by atoms with Gasteiger partial charge < -0.3 is 10.5 Å². The maximum Gasteiger partial charge on any atom is 0.274 e. The number of benzene rings is 1. The molecule has 2 N–H and O–H groups in total. The lowest BCUT2D eigenvalue weighted by atomic mass is 10.1. The number of rotatable bonds is 2. The number of para-hydroxylation sites is 1. The summed E-state index contributed by atoms with van der Waals surface area (Å²) in [5, 5.41) is 0. The Labute approximate surface area is 75.3 Å². The third-order valence-corrected chi connectivity index (χ3v) is 1.72. The van der Waals surface area contributed by atoms with Crippen molar-refractivity contribution in [3.63, 3.8) is 0 Å². The van der Waals surface area contributed by atoms with Gasteiger partial charge in [-0.05, 0) is 12.1 Å². The minimum absolute atomic E-state index is 0.0509. The van der Waals surface area contributed by atoms with Gasteiger partial charge in [0.25, 0.3) is 5.92 Å². The SMILES string of the molecule is COc1c(N)cccc1C(C)(F)F. The van der Waals surface area contributed by atoms with E-state index in [1.54, 1.807) is 0 Å². The summed E-state index contributed by atoms with van der Waals surface area (Å²) in [5.74, 6) is -2.88. The van der Waals surface area contributed by atoms with E-state index >= 15 is 0 Å². The molecule has 0 radical (unpaired) electrons. The van der Waals surface area contributed by atoms with Crippen molar-refractivity contribution in [1.29, 1.82) is 0 Å². The molecule has 0 fully saturated rings.